The number of benzene rings is 1. The molecule has 5 rings (SSSR count). The van der Waals surface area contributed by atoms with Gasteiger partial charge in [0.25, 0.3) is 0 Å². The number of anilines is 2. The molecule has 0 radical (unpaired) electrons. The molecular formula is C19H15ClF2N6OS. The van der Waals surface area contributed by atoms with Gasteiger partial charge in [-0.1, -0.05) is 22.9 Å². The van der Waals surface area contributed by atoms with E-state index in [0.717, 1.165) is 11.3 Å². The minimum atomic E-state index is -1.08. The number of carbonyl (C=O) groups excluding carboxylic acids is 1. The molecule has 0 saturated heterocycles. The lowest BCUT2D eigenvalue weighted by Crippen LogP contribution is -2.14. The van der Waals surface area contributed by atoms with Crippen molar-refractivity contribution >= 4 is 60.9 Å². The Bertz CT molecular complexity index is 1320. The highest BCUT2D eigenvalue weighted by Gasteiger charge is 2.43. The molecule has 1 fully saturated rings. The van der Waals surface area contributed by atoms with E-state index in [-0.39, 0.29) is 17.4 Å². The molecular weight excluding hydrogens is 434 g/mol. The molecule has 11 heteroatoms. The number of thiazole rings is 1. The summed E-state index contributed by atoms with van der Waals surface area (Å²) in [5.41, 5.74) is 2.27. The number of H-pyrrole nitrogens is 1. The smallest absolute Gasteiger partial charge is 0.232 e. The Hall–Kier alpha value is -2.85. The zero-order valence-corrected chi connectivity index (χ0v) is 17.4. The van der Waals surface area contributed by atoms with Crippen molar-refractivity contribution in [3.63, 3.8) is 0 Å². The van der Waals surface area contributed by atoms with Crippen LogP contribution in [0.4, 0.5) is 19.6 Å². The minimum Gasteiger partial charge on any atom is -0.373 e. The van der Waals surface area contributed by atoms with Gasteiger partial charge in [-0.05, 0) is 18.6 Å². The van der Waals surface area contributed by atoms with Gasteiger partial charge in [-0.3, -0.25) is 9.89 Å². The van der Waals surface area contributed by atoms with Crippen molar-refractivity contribution in [3.05, 3.63) is 29.2 Å². The molecule has 2 atom stereocenters. The van der Waals surface area contributed by atoms with E-state index in [1.54, 1.807) is 37.3 Å². The lowest BCUT2D eigenvalue weighted by atomic mass is 10.0. The van der Waals surface area contributed by atoms with E-state index in [1.165, 1.54) is 0 Å². The van der Waals surface area contributed by atoms with E-state index >= 15 is 4.39 Å². The van der Waals surface area contributed by atoms with Crippen LogP contribution in [0.5, 0.6) is 0 Å². The summed E-state index contributed by atoms with van der Waals surface area (Å²) in [6, 6.07) is 3.41. The number of halogens is 3. The quantitative estimate of drug-likeness (QED) is 0.483. The zero-order chi connectivity index (χ0) is 21.2. The van der Waals surface area contributed by atoms with Gasteiger partial charge in [-0.15, -0.1) is 0 Å². The maximum Gasteiger partial charge on any atom is 0.232 e. The Morgan fingerprint density at radius 1 is 1.37 bits per heavy atom. The van der Waals surface area contributed by atoms with E-state index in [9.17, 15) is 9.18 Å². The van der Waals surface area contributed by atoms with Crippen molar-refractivity contribution in [2.45, 2.75) is 12.6 Å². The average Bonchev–Trinajstić information content (AvgIpc) is 3.08. The van der Waals surface area contributed by atoms with E-state index < -0.39 is 17.9 Å². The fourth-order valence-electron chi connectivity index (χ4n) is 3.41. The van der Waals surface area contributed by atoms with Crippen molar-refractivity contribution in [2.75, 3.05) is 24.3 Å². The van der Waals surface area contributed by atoms with Gasteiger partial charge in [0.1, 0.15) is 22.2 Å². The van der Waals surface area contributed by atoms with Crippen LogP contribution in [0.1, 0.15) is 6.42 Å². The monoisotopic (exact) mass is 448 g/mol. The second kappa shape index (κ2) is 6.85. The molecule has 0 aliphatic heterocycles. The summed E-state index contributed by atoms with van der Waals surface area (Å²) in [6.45, 7) is 0. The number of fused-ring (bicyclic) bond motifs is 2. The molecule has 154 valence electrons. The van der Waals surface area contributed by atoms with Gasteiger partial charge in [0, 0.05) is 25.0 Å². The third-order valence-corrected chi connectivity index (χ3v) is 6.24. The number of hydrogen-bond donors (Lipinski definition) is 2. The number of hydrogen-bond acceptors (Lipinski definition) is 6. The third-order valence-electron chi connectivity index (χ3n) is 5.00. The van der Waals surface area contributed by atoms with E-state index in [1.807, 2.05) is 0 Å². The number of amides is 1. The maximum atomic E-state index is 15.0. The average molecular weight is 449 g/mol. The molecule has 1 amide bonds. The molecule has 4 aromatic rings. The molecule has 1 aliphatic carbocycles. The first-order valence-corrected chi connectivity index (χ1v) is 10.3. The summed E-state index contributed by atoms with van der Waals surface area (Å²) in [6.07, 6.45) is 0.743. The summed E-state index contributed by atoms with van der Waals surface area (Å²) in [4.78, 5) is 23.0. The number of rotatable bonds is 4. The number of carbonyl (C=O) groups is 1. The molecule has 0 bridgehead atoms. The molecule has 1 aromatic carbocycles. The number of alkyl halides is 1. The summed E-state index contributed by atoms with van der Waals surface area (Å²) in [5, 5.41) is 10.4. The van der Waals surface area contributed by atoms with Crippen molar-refractivity contribution in [2.24, 2.45) is 5.92 Å². The van der Waals surface area contributed by atoms with Crippen LogP contribution in [0.15, 0.2) is 18.3 Å². The topological polar surface area (TPSA) is 86.8 Å². The van der Waals surface area contributed by atoms with E-state index in [0.29, 0.717) is 43.3 Å². The van der Waals surface area contributed by atoms with Crippen LogP contribution in [0.2, 0.25) is 5.02 Å². The zero-order valence-electron chi connectivity index (χ0n) is 15.8. The summed E-state index contributed by atoms with van der Waals surface area (Å²) in [7, 11) is 3.44. The highest BCUT2D eigenvalue weighted by molar-refractivity contribution is 7.22. The molecule has 2 N–H and O–H groups in total. The number of nitrogens with one attached hydrogen (secondary N) is 2. The van der Waals surface area contributed by atoms with Gasteiger partial charge < -0.3 is 10.2 Å². The first-order chi connectivity index (χ1) is 14.3. The molecule has 0 spiro atoms. The normalized spacial score (nSPS) is 18.2. The first kappa shape index (κ1) is 19.1. The van der Waals surface area contributed by atoms with E-state index in [4.69, 9.17) is 11.6 Å². The standard InChI is InChI=1S/C19H15ClF2N6OS/c1-28(2)16-14(22)13(20)12(8-6-23-27-15(8)16)10-3-4-11-18(24-10)30-19(25-11)26-17(29)7-5-9(7)21/h3-4,6-7,9H,5H2,1-2H3,(H,23,27)(H,25,26,29). The fraction of sp³-hybridized carbons (Fsp3) is 0.263. The molecule has 3 heterocycles. The van der Waals surface area contributed by atoms with Gasteiger partial charge in [0.2, 0.25) is 5.91 Å². The van der Waals surface area contributed by atoms with Crippen LogP contribution in [-0.2, 0) is 4.79 Å². The number of pyridine rings is 1. The largest absolute Gasteiger partial charge is 0.373 e. The van der Waals surface area contributed by atoms with Crippen LogP contribution < -0.4 is 10.2 Å². The van der Waals surface area contributed by atoms with Crippen LogP contribution in [0.3, 0.4) is 0 Å². The van der Waals surface area contributed by atoms with Crippen LogP contribution in [-0.4, -0.2) is 46.3 Å². The van der Waals surface area contributed by atoms with Crippen molar-refractivity contribution < 1.29 is 13.6 Å². The minimum absolute atomic E-state index is 0.0554. The molecule has 30 heavy (non-hydrogen) atoms. The van der Waals surface area contributed by atoms with Crippen LogP contribution >= 0.6 is 22.9 Å². The predicted octanol–water partition coefficient (Wildman–Crippen LogP) is 4.39. The van der Waals surface area contributed by atoms with Crippen molar-refractivity contribution in [1.82, 2.24) is 20.2 Å². The van der Waals surface area contributed by atoms with E-state index in [2.05, 4.69) is 25.5 Å². The van der Waals surface area contributed by atoms with Gasteiger partial charge >= 0.3 is 0 Å². The summed E-state index contributed by atoms with van der Waals surface area (Å²) in [5.74, 6) is -1.56. The Labute approximate surface area is 178 Å². The lowest BCUT2D eigenvalue weighted by Gasteiger charge is -2.17. The summed E-state index contributed by atoms with van der Waals surface area (Å²) >= 11 is 7.57. The van der Waals surface area contributed by atoms with Crippen molar-refractivity contribution in [3.8, 4) is 11.3 Å². The van der Waals surface area contributed by atoms with Gasteiger partial charge in [-0.25, -0.2) is 18.7 Å². The fourth-order valence-corrected chi connectivity index (χ4v) is 4.54. The Balaban J connectivity index is 1.59. The summed E-state index contributed by atoms with van der Waals surface area (Å²) < 4.78 is 28.1. The van der Waals surface area contributed by atoms with Gasteiger partial charge in [0.05, 0.1) is 28.3 Å². The van der Waals surface area contributed by atoms with Crippen molar-refractivity contribution in [1.29, 1.82) is 0 Å². The Kier molecular flexibility index (Phi) is 4.37. The van der Waals surface area contributed by atoms with Crippen LogP contribution in [0, 0.1) is 11.7 Å². The highest BCUT2D eigenvalue weighted by atomic mass is 35.5. The highest BCUT2D eigenvalue weighted by Crippen LogP contribution is 2.42. The van der Waals surface area contributed by atoms with Gasteiger partial charge in [-0.2, -0.15) is 5.10 Å². The van der Waals surface area contributed by atoms with Gasteiger partial charge in [0.15, 0.2) is 10.9 Å². The SMILES string of the molecule is CN(C)c1c(F)c(Cl)c(-c2ccc3nc(NC(=O)C4CC4F)sc3n2)c2cn[nH]c12. The lowest BCUT2D eigenvalue weighted by molar-refractivity contribution is -0.117. The molecule has 1 saturated carbocycles. The second-order valence-electron chi connectivity index (χ2n) is 7.29. The Morgan fingerprint density at radius 3 is 2.83 bits per heavy atom. The maximum absolute atomic E-state index is 15.0. The Morgan fingerprint density at radius 2 is 2.13 bits per heavy atom. The van der Waals surface area contributed by atoms with Crippen LogP contribution in [0.25, 0.3) is 32.5 Å². The molecule has 7 nitrogen and oxygen atoms in total. The molecule has 3 aromatic heterocycles. The number of nitrogens with zero attached hydrogens (tertiary/aromatic N) is 4. The third kappa shape index (κ3) is 2.98. The second-order valence-corrected chi connectivity index (χ2v) is 8.65. The first-order valence-electron chi connectivity index (χ1n) is 9.09. The number of aromatic nitrogens is 4. The predicted molar refractivity (Wildman–Crippen MR) is 113 cm³/mol. The molecule has 2 unspecified atom stereocenters. The molecule has 1 aliphatic rings. The number of aromatic amines is 1.